The van der Waals surface area contributed by atoms with Crippen molar-refractivity contribution < 1.29 is 19.5 Å². The van der Waals surface area contributed by atoms with Crippen molar-refractivity contribution in [1.82, 2.24) is 14.7 Å². The molecule has 0 aliphatic carbocycles. The lowest BCUT2D eigenvalue weighted by Gasteiger charge is -2.28. The first-order valence-electron chi connectivity index (χ1n) is 11.7. The van der Waals surface area contributed by atoms with Crippen molar-refractivity contribution in [3.05, 3.63) is 59.2 Å². The van der Waals surface area contributed by atoms with Crippen LogP contribution < -0.4 is 0 Å². The molecule has 0 atom stereocenters. The summed E-state index contributed by atoms with van der Waals surface area (Å²) in [5.41, 5.74) is 3.48. The third kappa shape index (κ3) is 4.09. The van der Waals surface area contributed by atoms with Gasteiger partial charge in [0.1, 0.15) is 5.54 Å². The Morgan fingerprint density at radius 2 is 1.65 bits per heavy atom. The van der Waals surface area contributed by atoms with E-state index in [0.29, 0.717) is 31.7 Å². The number of rotatable bonds is 7. The van der Waals surface area contributed by atoms with E-state index in [4.69, 9.17) is 0 Å². The van der Waals surface area contributed by atoms with E-state index in [-0.39, 0.29) is 29.9 Å². The SMILES string of the molecule is CCN1C(=O)N(Cc2ccc(-c3ccc4c(c3)CN(CC(C)(C)CO)C4=O)cc2)C(C)(C)C1=O. The summed E-state index contributed by atoms with van der Waals surface area (Å²) in [7, 11) is 0. The molecule has 2 aromatic rings. The number of likely N-dealkylation sites (N-methyl/N-ethyl adjacent to an activating group) is 1. The summed E-state index contributed by atoms with van der Waals surface area (Å²) in [6.45, 7) is 11.1. The molecule has 0 bridgehead atoms. The molecule has 34 heavy (non-hydrogen) atoms. The van der Waals surface area contributed by atoms with Gasteiger partial charge in [0.2, 0.25) is 0 Å². The lowest BCUT2D eigenvalue weighted by atomic mass is 9.94. The van der Waals surface area contributed by atoms with E-state index >= 15 is 0 Å². The zero-order valence-corrected chi connectivity index (χ0v) is 20.6. The number of amides is 4. The maximum Gasteiger partial charge on any atom is 0.327 e. The van der Waals surface area contributed by atoms with Crippen LogP contribution in [0.25, 0.3) is 11.1 Å². The largest absolute Gasteiger partial charge is 0.396 e. The number of aliphatic hydroxyl groups is 1. The highest BCUT2D eigenvalue weighted by molar-refractivity contribution is 6.06. The number of nitrogens with zero attached hydrogens (tertiary/aromatic N) is 3. The monoisotopic (exact) mass is 463 g/mol. The fourth-order valence-electron chi connectivity index (χ4n) is 4.70. The molecule has 7 nitrogen and oxygen atoms in total. The summed E-state index contributed by atoms with van der Waals surface area (Å²) in [5, 5.41) is 9.57. The van der Waals surface area contributed by atoms with Gasteiger partial charge in [0.05, 0.1) is 0 Å². The highest BCUT2D eigenvalue weighted by Gasteiger charge is 2.50. The van der Waals surface area contributed by atoms with Gasteiger partial charge in [0.25, 0.3) is 11.8 Å². The molecule has 7 heteroatoms. The molecule has 2 aliphatic rings. The Labute approximate surface area is 201 Å². The number of benzene rings is 2. The molecule has 0 aromatic heterocycles. The molecule has 2 heterocycles. The molecule has 0 saturated carbocycles. The number of urea groups is 1. The van der Waals surface area contributed by atoms with Gasteiger partial charge in [-0.15, -0.1) is 0 Å². The molecule has 0 radical (unpaired) electrons. The Kier molecular flexibility index (Phi) is 6.02. The van der Waals surface area contributed by atoms with Crippen molar-refractivity contribution in [3.8, 4) is 11.1 Å². The number of hydrogen-bond acceptors (Lipinski definition) is 4. The van der Waals surface area contributed by atoms with Gasteiger partial charge in [-0.2, -0.15) is 0 Å². The quantitative estimate of drug-likeness (QED) is 0.632. The molecular formula is C27H33N3O4. The van der Waals surface area contributed by atoms with Crippen molar-refractivity contribution in [2.75, 3.05) is 19.7 Å². The first-order chi connectivity index (χ1) is 16.0. The minimum Gasteiger partial charge on any atom is -0.396 e. The van der Waals surface area contributed by atoms with Crippen LogP contribution in [0.2, 0.25) is 0 Å². The molecule has 0 unspecified atom stereocenters. The molecule has 0 spiro atoms. The fraction of sp³-hybridized carbons (Fsp3) is 0.444. The normalized spacial score (nSPS) is 17.7. The average molecular weight is 464 g/mol. The summed E-state index contributed by atoms with van der Waals surface area (Å²) in [5.74, 6) is -0.160. The summed E-state index contributed by atoms with van der Waals surface area (Å²) in [4.78, 5) is 42.8. The van der Waals surface area contributed by atoms with Crippen LogP contribution in [0.5, 0.6) is 0 Å². The highest BCUT2D eigenvalue weighted by Crippen LogP contribution is 2.32. The van der Waals surface area contributed by atoms with Gasteiger partial charge in [-0.25, -0.2) is 4.79 Å². The van der Waals surface area contributed by atoms with E-state index in [2.05, 4.69) is 6.07 Å². The first-order valence-corrected chi connectivity index (χ1v) is 11.7. The van der Waals surface area contributed by atoms with Crippen molar-refractivity contribution >= 4 is 17.8 Å². The molecule has 2 aromatic carbocycles. The summed E-state index contributed by atoms with van der Waals surface area (Å²) in [6.07, 6.45) is 0. The van der Waals surface area contributed by atoms with Crippen LogP contribution in [0, 0.1) is 5.41 Å². The van der Waals surface area contributed by atoms with Gasteiger partial charge in [-0.05, 0) is 55.2 Å². The maximum atomic E-state index is 12.8. The zero-order chi connectivity index (χ0) is 24.8. The van der Waals surface area contributed by atoms with Crippen LogP contribution in [0.1, 0.15) is 56.1 Å². The third-order valence-corrected chi connectivity index (χ3v) is 6.88. The van der Waals surface area contributed by atoms with E-state index in [1.807, 2.05) is 50.2 Å². The van der Waals surface area contributed by atoms with Crippen molar-refractivity contribution in [3.63, 3.8) is 0 Å². The molecule has 1 fully saturated rings. The van der Waals surface area contributed by atoms with Crippen LogP contribution >= 0.6 is 0 Å². The van der Waals surface area contributed by atoms with E-state index in [0.717, 1.165) is 22.3 Å². The van der Waals surface area contributed by atoms with Gasteiger partial charge in [-0.3, -0.25) is 14.5 Å². The smallest absolute Gasteiger partial charge is 0.327 e. The van der Waals surface area contributed by atoms with E-state index in [1.54, 1.807) is 30.6 Å². The molecule has 1 N–H and O–H groups in total. The average Bonchev–Trinajstić information content (AvgIpc) is 3.19. The van der Waals surface area contributed by atoms with Gasteiger partial charge in [0.15, 0.2) is 0 Å². The summed E-state index contributed by atoms with van der Waals surface area (Å²) in [6, 6.07) is 13.6. The van der Waals surface area contributed by atoms with Crippen LogP contribution in [0.3, 0.4) is 0 Å². The second kappa shape index (κ2) is 8.55. The highest BCUT2D eigenvalue weighted by atomic mass is 16.3. The lowest BCUT2D eigenvalue weighted by Crippen LogP contribution is -2.43. The predicted molar refractivity (Wildman–Crippen MR) is 130 cm³/mol. The molecule has 2 aliphatic heterocycles. The summed E-state index contributed by atoms with van der Waals surface area (Å²) < 4.78 is 0. The maximum absolute atomic E-state index is 12.8. The number of aliphatic hydroxyl groups excluding tert-OH is 1. The van der Waals surface area contributed by atoms with Gasteiger partial charge < -0.3 is 14.9 Å². The molecular weight excluding hydrogens is 430 g/mol. The van der Waals surface area contributed by atoms with E-state index in [9.17, 15) is 19.5 Å². The van der Waals surface area contributed by atoms with Crippen LogP contribution in [0.4, 0.5) is 4.79 Å². The Balaban J connectivity index is 1.50. The van der Waals surface area contributed by atoms with Crippen molar-refractivity contribution in [2.24, 2.45) is 5.41 Å². The van der Waals surface area contributed by atoms with Crippen LogP contribution in [-0.4, -0.2) is 62.9 Å². The summed E-state index contributed by atoms with van der Waals surface area (Å²) >= 11 is 0. The standard InChI is InChI=1S/C27H33N3O4/c1-6-29-24(33)27(4,5)30(25(29)34)14-18-7-9-19(10-8-18)20-11-12-22-21(13-20)15-28(23(22)32)16-26(2,3)17-31/h7-13,31H,6,14-17H2,1-5H3. The van der Waals surface area contributed by atoms with E-state index < -0.39 is 5.54 Å². The minimum absolute atomic E-state index is 0.00647. The zero-order valence-electron chi connectivity index (χ0n) is 20.6. The second-order valence-electron chi connectivity index (χ2n) is 10.5. The Hall–Kier alpha value is -3.19. The van der Waals surface area contributed by atoms with Crippen LogP contribution in [-0.2, 0) is 17.9 Å². The predicted octanol–water partition coefficient (Wildman–Crippen LogP) is 3.89. The number of carbonyl (C=O) groups is 3. The van der Waals surface area contributed by atoms with Gasteiger partial charge in [0, 0.05) is 43.8 Å². The second-order valence-corrected chi connectivity index (χ2v) is 10.5. The molecule has 4 rings (SSSR count). The lowest BCUT2D eigenvalue weighted by molar-refractivity contribution is -0.131. The Morgan fingerprint density at radius 1 is 1.00 bits per heavy atom. The van der Waals surface area contributed by atoms with Gasteiger partial charge >= 0.3 is 6.03 Å². The number of hydrogen-bond donors (Lipinski definition) is 1. The topological polar surface area (TPSA) is 81.2 Å². The Bertz CT molecular complexity index is 1140. The molecule has 180 valence electrons. The van der Waals surface area contributed by atoms with Crippen LogP contribution in [0.15, 0.2) is 42.5 Å². The molecule has 4 amide bonds. The number of imide groups is 1. The third-order valence-electron chi connectivity index (χ3n) is 6.88. The van der Waals surface area contributed by atoms with Gasteiger partial charge in [-0.1, -0.05) is 44.2 Å². The number of fused-ring (bicyclic) bond motifs is 1. The minimum atomic E-state index is -0.866. The van der Waals surface area contributed by atoms with E-state index in [1.165, 1.54) is 4.90 Å². The van der Waals surface area contributed by atoms with Crippen molar-refractivity contribution in [2.45, 2.75) is 53.2 Å². The molecule has 1 saturated heterocycles. The number of carbonyl (C=O) groups excluding carboxylic acids is 3. The Morgan fingerprint density at radius 3 is 2.24 bits per heavy atom. The first kappa shape index (κ1) is 24.0. The fourth-order valence-corrected chi connectivity index (χ4v) is 4.70. The van der Waals surface area contributed by atoms with Crippen molar-refractivity contribution in [1.29, 1.82) is 0 Å².